The summed E-state index contributed by atoms with van der Waals surface area (Å²) in [4.78, 5) is 11.9. The Morgan fingerprint density at radius 2 is 2.40 bits per heavy atom. The number of carbonyl (C=O) groups is 1. The van der Waals surface area contributed by atoms with E-state index in [1.54, 1.807) is 7.05 Å². The molecular formula is C7H14N2O. The molecular weight excluding hydrogens is 128 g/mol. The monoisotopic (exact) mass is 142 g/mol. The standard InChI is InChI=1S/C7H14N2O/c1-3-4-5-6-9(2)7(8)10/h3H,1,4-6H2,2H3,(H2,8,10). The highest BCUT2D eigenvalue weighted by molar-refractivity contribution is 5.71. The largest absolute Gasteiger partial charge is 0.351 e. The molecule has 0 aliphatic carbocycles. The molecule has 0 spiro atoms. The van der Waals surface area contributed by atoms with Crippen LogP contribution in [0, 0.1) is 0 Å². The van der Waals surface area contributed by atoms with E-state index in [1.165, 1.54) is 4.90 Å². The number of carbonyl (C=O) groups excluding carboxylic acids is 1. The Labute approximate surface area is 61.5 Å². The van der Waals surface area contributed by atoms with Crippen molar-refractivity contribution in [3.05, 3.63) is 12.7 Å². The molecule has 3 nitrogen and oxygen atoms in total. The Morgan fingerprint density at radius 3 is 2.80 bits per heavy atom. The van der Waals surface area contributed by atoms with Gasteiger partial charge in [-0.15, -0.1) is 6.58 Å². The summed E-state index contributed by atoms with van der Waals surface area (Å²) in [6.45, 7) is 4.28. The Balaban J connectivity index is 3.30. The van der Waals surface area contributed by atoms with Crippen LogP contribution in [0.15, 0.2) is 12.7 Å². The van der Waals surface area contributed by atoms with E-state index >= 15 is 0 Å². The van der Waals surface area contributed by atoms with Crippen molar-refractivity contribution in [1.82, 2.24) is 4.90 Å². The van der Waals surface area contributed by atoms with Crippen LogP contribution < -0.4 is 5.73 Å². The highest BCUT2D eigenvalue weighted by Gasteiger charge is 1.99. The van der Waals surface area contributed by atoms with Crippen LogP contribution in [0.1, 0.15) is 12.8 Å². The molecule has 0 aromatic heterocycles. The van der Waals surface area contributed by atoms with Crippen LogP contribution in [0.25, 0.3) is 0 Å². The van der Waals surface area contributed by atoms with Crippen LogP contribution in [-0.4, -0.2) is 24.5 Å². The number of rotatable bonds is 4. The molecule has 0 heterocycles. The maximum Gasteiger partial charge on any atom is 0.314 e. The Morgan fingerprint density at radius 1 is 1.80 bits per heavy atom. The fourth-order valence-corrected chi connectivity index (χ4v) is 0.583. The molecule has 0 fully saturated rings. The first kappa shape index (κ1) is 9.01. The first-order valence-corrected chi connectivity index (χ1v) is 3.30. The third-order valence-electron chi connectivity index (χ3n) is 1.28. The summed E-state index contributed by atoms with van der Waals surface area (Å²) < 4.78 is 0. The van der Waals surface area contributed by atoms with Gasteiger partial charge in [0.25, 0.3) is 0 Å². The van der Waals surface area contributed by atoms with Gasteiger partial charge in [-0.05, 0) is 12.8 Å². The molecule has 0 unspecified atom stereocenters. The van der Waals surface area contributed by atoms with Gasteiger partial charge in [0, 0.05) is 13.6 Å². The Kier molecular flexibility index (Phi) is 4.37. The lowest BCUT2D eigenvalue weighted by molar-refractivity contribution is 0.218. The van der Waals surface area contributed by atoms with Crippen LogP contribution in [0.2, 0.25) is 0 Å². The number of nitrogens with zero attached hydrogens (tertiary/aromatic N) is 1. The van der Waals surface area contributed by atoms with Gasteiger partial charge in [-0.3, -0.25) is 0 Å². The first-order valence-electron chi connectivity index (χ1n) is 3.30. The molecule has 3 heteroatoms. The summed E-state index contributed by atoms with van der Waals surface area (Å²) in [6, 6.07) is -0.371. The molecule has 0 aliphatic heterocycles. The number of amides is 2. The van der Waals surface area contributed by atoms with Crippen molar-refractivity contribution in [1.29, 1.82) is 0 Å². The zero-order valence-corrected chi connectivity index (χ0v) is 6.34. The lowest BCUT2D eigenvalue weighted by Crippen LogP contribution is -2.32. The first-order chi connectivity index (χ1) is 4.68. The average molecular weight is 142 g/mol. The van der Waals surface area contributed by atoms with Gasteiger partial charge in [0.2, 0.25) is 0 Å². The van der Waals surface area contributed by atoms with Gasteiger partial charge < -0.3 is 10.6 Å². The number of urea groups is 1. The highest BCUT2D eigenvalue weighted by atomic mass is 16.2. The van der Waals surface area contributed by atoms with Gasteiger partial charge >= 0.3 is 6.03 Å². The van der Waals surface area contributed by atoms with Crippen LogP contribution in [0.5, 0.6) is 0 Å². The third kappa shape index (κ3) is 3.95. The minimum Gasteiger partial charge on any atom is -0.351 e. The number of hydrogen-bond acceptors (Lipinski definition) is 1. The SMILES string of the molecule is C=CCCCN(C)C(N)=O. The third-order valence-corrected chi connectivity index (χ3v) is 1.28. The van der Waals surface area contributed by atoms with E-state index in [0.717, 1.165) is 12.8 Å². The topological polar surface area (TPSA) is 46.3 Å². The van der Waals surface area contributed by atoms with Crippen molar-refractivity contribution in [2.75, 3.05) is 13.6 Å². The maximum atomic E-state index is 10.4. The fourth-order valence-electron chi connectivity index (χ4n) is 0.583. The summed E-state index contributed by atoms with van der Waals surface area (Å²) in [7, 11) is 1.69. The molecule has 0 radical (unpaired) electrons. The van der Waals surface area contributed by atoms with E-state index in [9.17, 15) is 4.79 Å². The smallest absolute Gasteiger partial charge is 0.314 e. The van der Waals surface area contributed by atoms with Gasteiger partial charge in [-0.2, -0.15) is 0 Å². The molecule has 0 saturated carbocycles. The molecule has 0 saturated heterocycles. The van der Waals surface area contributed by atoms with Gasteiger partial charge in [-0.1, -0.05) is 6.08 Å². The van der Waals surface area contributed by atoms with Crippen LogP contribution in [0.3, 0.4) is 0 Å². The Bertz CT molecular complexity index is 123. The molecule has 10 heavy (non-hydrogen) atoms. The molecule has 2 amide bonds. The van der Waals surface area contributed by atoms with Crippen LogP contribution in [-0.2, 0) is 0 Å². The molecule has 0 bridgehead atoms. The molecule has 0 aromatic carbocycles. The molecule has 0 atom stereocenters. The van der Waals surface area contributed by atoms with Crippen LogP contribution in [0.4, 0.5) is 4.79 Å². The minimum atomic E-state index is -0.371. The average Bonchev–Trinajstić information content (AvgIpc) is 1.88. The van der Waals surface area contributed by atoms with Gasteiger partial charge in [0.1, 0.15) is 0 Å². The summed E-state index contributed by atoms with van der Waals surface area (Å²) in [6.07, 6.45) is 3.69. The number of primary amides is 1. The zero-order valence-electron chi connectivity index (χ0n) is 6.34. The summed E-state index contributed by atoms with van der Waals surface area (Å²) >= 11 is 0. The lowest BCUT2D eigenvalue weighted by Gasteiger charge is -2.12. The normalized spacial score (nSPS) is 8.90. The van der Waals surface area contributed by atoms with E-state index in [4.69, 9.17) is 5.73 Å². The summed E-state index contributed by atoms with van der Waals surface area (Å²) in [5.74, 6) is 0. The number of nitrogens with two attached hydrogens (primary N) is 1. The summed E-state index contributed by atoms with van der Waals surface area (Å²) in [5, 5.41) is 0. The van der Waals surface area contributed by atoms with Crippen molar-refractivity contribution < 1.29 is 4.79 Å². The van der Waals surface area contributed by atoms with Crippen molar-refractivity contribution in [2.45, 2.75) is 12.8 Å². The second-order valence-electron chi connectivity index (χ2n) is 2.19. The highest BCUT2D eigenvalue weighted by Crippen LogP contribution is 1.91. The fraction of sp³-hybridized carbons (Fsp3) is 0.571. The Hall–Kier alpha value is -0.990. The minimum absolute atomic E-state index is 0.371. The van der Waals surface area contributed by atoms with E-state index in [1.807, 2.05) is 6.08 Å². The second kappa shape index (κ2) is 4.85. The molecule has 0 aliphatic rings. The van der Waals surface area contributed by atoms with Crippen molar-refractivity contribution in [3.63, 3.8) is 0 Å². The van der Waals surface area contributed by atoms with Crippen molar-refractivity contribution >= 4 is 6.03 Å². The van der Waals surface area contributed by atoms with Gasteiger partial charge in [0.05, 0.1) is 0 Å². The number of hydrogen-bond donors (Lipinski definition) is 1. The number of allylic oxidation sites excluding steroid dienone is 1. The van der Waals surface area contributed by atoms with Crippen LogP contribution >= 0.6 is 0 Å². The van der Waals surface area contributed by atoms with Crippen molar-refractivity contribution in [3.8, 4) is 0 Å². The molecule has 0 aromatic rings. The van der Waals surface area contributed by atoms with E-state index in [-0.39, 0.29) is 6.03 Å². The van der Waals surface area contributed by atoms with E-state index in [2.05, 4.69) is 6.58 Å². The van der Waals surface area contributed by atoms with E-state index < -0.39 is 0 Å². The molecule has 2 N–H and O–H groups in total. The molecule has 0 rings (SSSR count). The van der Waals surface area contributed by atoms with Gasteiger partial charge in [-0.25, -0.2) is 4.79 Å². The predicted molar refractivity (Wildman–Crippen MR) is 41.6 cm³/mol. The van der Waals surface area contributed by atoms with Gasteiger partial charge in [0.15, 0.2) is 0 Å². The second-order valence-corrected chi connectivity index (χ2v) is 2.19. The number of unbranched alkanes of at least 4 members (excludes halogenated alkanes) is 1. The predicted octanol–water partition coefficient (Wildman–Crippen LogP) is 0.963. The lowest BCUT2D eigenvalue weighted by atomic mass is 10.3. The quantitative estimate of drug-likeness (QED) is 0.461. The molecule has 58 valence electrons. The van der Waals surface area contributed by atoms with Crippen molar-refractivity contribution in [2.24, 2.45) is 5.73 Å². The zero-order chi connectivity index (χ0) is 7.98. The maximum absolute atomic E-state index is 10.4. The summed E-state index contributed by atoms with van der Waals surface area (Å²) in [5.41, 5.74) is 4.98. The van der Waals surface area contributed by atoms with E-state index in [0.29, 0.717) is 6.54 Å².